The van der Waals surface area contributed by atoms with E-state index in [0.717, 1.165) is 0 Å². The number of halogens is 6. The average molecular weight is 271 g/mol. The molecule has 0 bridgehead atoms. The maximum absolute atomic E-state index is 12.6. The molecule has 0 aromatic heterocycles. The van der Waals surface area contributed by atoms with Crippen molar-refractivity contribution in [1.82, 2.24) is 0 Å². The quantitative estimate of drug-likeness (QED) is 0.663. The molecule has 8 heteroatoms. The van der Waals surface area contributed by atoms with Gasteiger partial charge in [0.15, 0.2) is 0 Å². The molecule has 0 saturated heterocycles. The van der Waals surface area contributed by atoms with E-state index in [1.165, 1.54) is 0 Å². The molecular formula is C10H7F6NO. The molecule has 1 aromatic carbocycles. The molecule has 0 aliphatic rings. The minimum Gasteiger partial charge on any atom is -0.326 e. The van der Waals surface area contributed by atoms with Gasteiger partial charge in [-0.2, -0.15) is 26.3 Å². The normalized spacial score (nSPS) is 12.6. The zero-order valence-electron chi connectivity index (χ0n) is 8.69. The van der Waals surface area contributed by atoms with Crippen LogP contribution >= 0.6 is 0 Å². The zero-order valence-corrected chi connectivity index (χ0v) is 8.69. The standard InChI is InChI=1S/C10H7F6NO/c11-9(12,13)7-1-5(4-18)2-8(6(7)3-17)10(14,15)16/h1-2,4H,3,17H2. The lowest BCUT2D eigenvalue weighted by molar-refractivity contribution is -0.144. The molecule has 0 amide bonds. The highest BCUT2D eigenvalue weighted by Gasteiger charge is 2.40. The van der Waals surface area contributed by atoms with Crippen molar-refractivity contribution in [3.8, 4) is 0 Å². The second-order valence-electron chi connectivity index (χ2n) is 3.41. The topological polar surface area (TPSA) is 43.1 Å². The minimum absolute atomic E-state index is 0.0786. The van der Waals surface area contributed by atoms with Gasteiger partial charge in [0, 0.05) is 12.1 Å². The molecule has 0 aliphatic heterocycles. The Hall–Kier alpha value is -1.57. The number of hydrogen-bond donors (Lipinski definition) is 1. The summed E-state index contributed by atoms with van der Waals surface area (Å²) >= 11 is 0. The number of aldehydes is 1. The van der Waals surface area contributed by atoms with Gasteiger partial charge in [0.2, 0.25) is 0 Å². The van der Waals surface area contributed by atoms with Gasteiger partial charge in [0.05, 0.1) is 11.1 Å². The first-order valence-corrected chi connectivity index (χ1v) is 4.57. The fourth-order valence-electron chi connectivity index (χ4n) is 1.49. The molecule has 2 N–H and O–H groups in total. The predicted octanol–water partition coefficient (Wildman–Crippen LogP) is 3.00. The molecule has 0 fully saturated rings. The molecule has 0 heterocycles. The van der Waals surface area contributed by atoms with Gasteiger partial charge < -0.3 is 5.73 Å². The molecule has 0 aliphatic carbocycles. The van der Waals surface area contributed by atoms with Crippen LogP contribution in [-0.2, 0) is 18.9 Å². The predicted molar refractivity (Wildman–Crippen MR) is 49.7 cm³/mol. The summed E-state index contributed by atoms with van der Waals surface area (Å²) in [5.74, 6) is 0. The van der Waals surface area contributed by atoms with Gasteiger partial charge in [0.1, 0.15) is 6.29 Å². The highest BCUT2D eigenvalue weighted by Crippen LogP contribution is 2.39. The van der Waals surface area contributed by atoms with Crippen molar-refractivity contribution >= 4 is 6.29 Å². The van der Waals surface area contributed by atoms with Gasteiger partial charge >= 0.3 is 12.4 Å². The maximum Gasteiger partial charge on any atom is 0.416 e. The lowest BCUT2D eigenvalue weighted by atomic mass is 9.97. The molecule has 0 spiro atoms. The van der Waals surface area contributed by atoms with E-state index in [9.17, 15) is 31.1 Å². The first-order valence-electron chi connectivity index (χ1n) is 4.57. The molecule has 0 unspecified atom stereocenters. The molecule has 100 valence electrons. The molecule has 1 rings (SSSR count). The van der Waals surface area contributed by atoms with E-state index >= 15 is 0 Å². The summed E-state index contributed by atoms with van der Waals surface area (Å²) in [5.41, 5.74) is 0.0974. The van der Waals surface area contributed by atoms with E-state index in [-0.39, 0.29) is 6.29 Å². The van der Waals surface area contributed by atoms with Crippen molar-refractivity contribution in [2.75, 3.05) is 0 Å². The number of rotatable bonds is 2. The minimum atomic E-state index is -5.01. The summed E-state index contributed by atoms with van der Waals surface area (Å²) < 4.78 is 75.5. The Morgan fingerprint density at radius 1 is 1.00 bits per heavy atom. The summed E-state index contributed by atoms with van der Waals surface area (Å²) in [6.45, 7) is -0.928. The van der Waals surface area contributed by atoms with Crippen LogP contribution in [0.4, 0.5) is 26.3 Å². The van der Waals surface area contributed by atoms with Crippen molar-refractivity contribution in [2.24, 2.45) is 5.73 Å². The van der Waals surface area contributed by atoms with Gasteiger partial charge in [-0.1, -0.05) is 0 Å². The third-order valence-corrected chi connectivity index (χ3v) is 2.22. The number of carbonyl (C=O) groups is 1. The van der Waals surface area contributed by atoms with Crippen molar-refractivity contribution < 1.29 is 31.1 Å². The van der Waals surface area contributed by atoms with Crippen LogP contribution in [0.5, 0.6) is 0 Å². The second-order valence-corrected chi connectivity index (χ2v) is 3.41. The Morgan fingerprint density at radius 3 is 1.61 bits per heavy atom. The van der Waals surface area contributed by atoms with Crippen molar-refractivity contribution in [2.45, 2.75) is 18.9 Å². The van der Waals surface area contributed by atoms with E-state index in [2.05, 4.69) is 0 Å². The van der Waals surface area contributed by atoms with Crippen molar-refractivity contribution in [1.29, 1.82) is 0 Å². The third kappa shape index (κ3) is 2.81. The molecular weight excluding hydrogens is 264 g/mol. The fourth-order valence-corrected chi connectivity index (χ4v) is 1.49. The van der Waals surface area contributed by atoms with Gasteiger partial charge in [-0.15, -0.1) is 0 Å². The Labute approximate surface area is 97.4 Å². The van der Waals surface area contributed by atoms with Crippen LogP contribution in [0.15, 0.2) is 12.1 Å². The number of hydrogen-bond acceptors (Lipinski definition) is 2. The van der Waals surface area contributed by atoms with Crippen molar-refractivity contribution in [3.05, 3.63) is 34.4 Å². The van der Waals surface area contributed by atoms with Gasteiger partial charge in [0.25, 0.3) is 0 Å². The first-order chi connectivity index (χ1) is 8.11. The fraction of sp³-hybridized carbons (Fsp3) is 0.300. The average Bonchev–Trinajstić information content (AvgIpc) is 2.24. The summed E-state index contributed by atoms with van der Waals surface area (Å²) in [6, 6.07) is 0.703. The Morgan fingerprint density at radius 2 is 1.39 bits per heavy atom. The first kappa shape index (κ1) is 14.5. The van der Waals surface area contributed by atoms with E-state index < -0.39 is 41.2 Å². The van der Waals surface area contributed by atoms with Crippen LogP contribution in [0.1, 0.15) is 27.0 Å². The molecule has 0 saturated carbocycles. The smallest absolute Gasteiger partial charge is 0.326 e. The van der Waals surface area contributed by atoms with Crippen LogP contribution < -0.4 is 5.73 Å². The summed E-state index contributed by atoms with van der Waals surface area (Å²) in [5, 5.41) is 0. The number of benzene rings is 1. The summed E-state index contributed by atoms with van der Waals surface area (Å²) in [4.78, 5) is 10.4. The number of carbonyl (C=O) groups excluding carboxylic acids is 1. The van der Waals surface area contributed by atoms with E-state index in [1.54, 1.807) is 0 Å². The van der Waals surface area contributed by atoms with Gasteiger partial charge in [-0.3, -0.25) is 4.79 Å². The SMILES string of the molecule is NCc1c(C(F)(F)F)cc(C=O)cc1C(F)(F)F. The Kier molecular flexibility index (Phi) is 3.70. The van der Waals surface area contributed by atoms with Crippen LogP contribution in [-0.4, -0.2) is 6.29 Å². The molecule has 0 radical (unpaired) electrons. The Bertz CT molecular complexity index is 427. The monoisotopic (exact) mass is 271 g/mol. The van der Waals surface area contributed by atoms with Crippen molar-refractivity contribution in [3.63, 3.8) is 0 Å². The summed E-state index contributed by atoms with van der Waals surface area (Å²) in [6.07, 6.45) is -10.1. The van der Waals surface area contributed by atoms with Crippen LogP contribution in [0.3, 0.4) is 0 Å². The summed E-state index contributed by atoms with van der Waals surface area (Å²) in [7, 11) is 0. The molecule has 2 nitrogen and oxygen atoms in total. The Balaban J connectivity index is 3.66. The lowest BCUT2D eigenvalue weighted by Gasteiger charge is -2.18. The molecule has 1 aromatic rings. The van der Waals surface area contributed by atoms with Crippen LogP contribution in [0, 0.1) is 0 Å². The highest BCUT2D eigenvalue weighted by atomic mass is 19.4. The number of nitrogens with two attached hydrogens (primary N) is 1. The zero-order chi connectivity index (χ0) is 14.1. The van der Waals surface area contributed by atoms with E-state index in [0.29, 0.717) is 12.1 Å². The second kappa shape index (κ2) is 4.60. The maximum atomic E-state index is 12.6. The largest absolute Gasteiger partial charge is 0.416 e. The van der Waals surface area contributed by atoms with E-state index in [4.69, 9.17) is 5.73 Å². The number of alkyl halides is 6. The van der Waals surface area contributed by atoms with Gasteiger partial charge in [-0.05, 0) is 17.7 Å². The molecule has 0 atom stereocenters. The van der Waals surface area contributed by atoms with Crippen LogP contribution in [0.25, 0.3) is 0 Å². The highest BCUT2D eigenvalue weighted by molar-refractivity contribution is 5.76. The third-order valence-electron chi connectivity index (χ3n) is 2.22. The van der Waals surface area contributed by atoms with Gasteiger partial charge in [-0.25, -0.2) is 0 Å². The molecule has 18 heavy (non-hydrogen) atoms. The van der Waals surface area contributed by atoms with Crippen LogP contribution in [0.2, 0.25) is 0 Å². The van der Waals surface area contributed by atoms with E-state index in [1.807, 2.05) is 0 Å². The lowest BCUT2D eigenvalue weighted by Crippen LogP contribution is -2.19.